The average Bonchev–Trinajstić information content (AvgIpc) is 1.83. The van der Waals surface area contributed by atoms with Crippen LogP contribution in [0.25, 0.3) is 0 Å². The van der Waals surface area contributed by atoms with Crippen LogP contribution in [0.15, 0.2) is 11.6 Å². The first-order valence-electron chi connectivity index (χ1n) is 3.00. The quantitative estimate of drug-likeness (QED) is 0.541. The standard InChI is InChI=1S/C7H13N/c1-3-5-7(4-2)6-8/h4,6,8H,3,5H2,1-2H3. The smallest absolute Gasteiger partial charge is 0.0206 e. The maximum absolute atomic E-state index is 6.87. The van der Waals surface area contributed by atoms with E-state index in [4.69, 9.17) is 5.41 Å². The van der Waals surface area contributed by atoms with Crippen molar-refractivity contribution in [3.8, 4) is 0 Å². The molecule has 0 aliphatic heterocycles. The van der Waals surface area contributed by atoms with E-state index in [1.807, 2.05) is 13.0 Å². The van der Waals surface area contributed by atoms with Crippen LogP contribution in [0.3, 0.4) is 0 Å². The van der Waals surface area contributed by atoms with E-state index in [2.05, 4.69) is 6.92 Å². The number of hydrogen-bond acceptors (Lipinski definition) is 1. The average molecular weight is 111 g/mol. The summed E-state index contributed by atoms with van der Waals surface area (Å²) in [5.74, 6) is 0. The van der Waals surface area contributed by atoms with E-state index < -0.39 is 0 Å². The lowest BCUT2D eigenvalue weighted by Gasteiger charge is -1.92. The Morgan fingerprint density at radius 2 is 2.25 bits per heavy atom. The van der Waals surface area contributed by atoms with Crippen LogP contribution in [0.1, 0.15) is 26.7 Å². The molecule has 1 N–H and O–H groups in total. The van der Waals surface area contributed by atoms with Crippen LogP contribution in [-0.4, -0.2) is 6.21 Å². The number of nitrogens with one attached hydrogen (secondary N) is 1. The van der Waals surface area contributed by atoms with Gasteiger partial charge in [0.25, 0.3) is 0 Å². The molecule has 0 fully saturated rings. The van der Waals surface area contributed by atoms with E-state index >= 15 is 0 Å². The van der Waals surface area contributed by atoms with Crippen LogP contribution in [0, 0.1) is 5.41 Å². The third-order valence-corrected chi connectivity index (χ3v) is 1.09. The molecule has 46 valence electrons. The van der Waals surface area contributed by atoms with Gasteiger partial charge in [0, 0.05) is 6.21 Å². The van der Waals surface area contributed by atoms with Gasteiger partial charge in [-0.2, -0.15) is 0 Å². The molecule has 1 heteroatoms. The fourth-order valence-corrected chi connectivity index (χ4v) is 0.589. The van der Waals surface area contributed by atoms with Crippen molar-refractivity contribution >= 4 is 6.21 Å². The Bertz CT molecular complexity index is 92.6. The summed E-state index contributed by atoms with van der Waals surface area (Å²) < 4.78 is 0. The number of allylic oxidation sites excluding steroid dienone is 2. The first-order valence-corrected chi connectivity index (χ1v) is 3.00. The van der Waals surface area contributed by atoms with E-state index in [-0.39, 0.29) is 0 Å². The monoisotopic (exact) mass is 111 g/mol. The minimum atomic E-state index is 1.04. The molecule has 0 aliphatic carbocycles. The van der Waals surface area contributed by atoms with Gasteiger partial charge in [0.05, 0.1) is 0 Å². The topological polar surface area (TPSA) is 23.9 Å². The molecule has 0 aromatic heterocycles. The van der Waals surface area contributed by atoms with Crippen molar-refractivity contribution < 1.29 is 0 Å². The second-order valence-corrected chi connectivity index (χ2v) is 1.76. The molecule has 8 heavy (non-hydrogen) atoms. The summed E-state index contributed by atoms with van der Waals surface area (Å²) in [4.78, 5) is 0. The predicted octanol–water partition coefficient (Wildman–Crippen LogP) is 2.38. The maximum Gasteiger partial charge on any atom is 0.0206 e. The summed E-state index contributed by atoms with van der Waals surface area (Å²) in [6.07, 6.45) is 5.58. The zero-order chi connectivity index (χ0) is 6.41. The van der Waals surface area contributed by atoms with Gasteiger partial charge in [0.15, 0.2) is 0 Å². The molecule has 0 saturated carbocycles. The van der Waals surface area contributed by atoms with Gasteiger partial charge in [-0.15, -0.1) is 0 Å². The van der Waals surface area contributed by atoms with Gasteiger partial charge < -0.3 is 5.41 Å². The van der Waals surface area contributed by atoms with E-state index in [1.165, 1.54) is 6.21 Å². The Morgan fingerprint density at radius 3 is 2.38 bits per heavy atom. The molecule has 1 nitrogen and oxygen atoms in total. The van der Waals surface area contributed by atoms with Crippen molar-refractivity contribution in [1.82, 2.24) is 0 Å². The molecule has 0 bridgehead atoms. The molecular formula is C7H13N. The molecule has 0 spiro atoms. The Kier molecular flexibility index (Phi) is 4.23. The minimum absolute atomic E-state index is 1.04. The second kappa shape index (κ2) is 4.57. The van der Waals surface area contributed by atoms with Gasteiger partial charge in [-0.05, 0) is 18.9 Å². The zero-order valence-electron chi connectivity index (χ0n) is 5.57. The zero-order valence-corrected chi connectivity index (χ0v) is 5.57. The molecule has 0 rings (SSSR count). The van der Waals surface area contributed by atoms with E-state index in [1.54, 1.807) is 0 Å². The lowest BCUT2D eigenvalue weighted by molar-refractivity contribution is 0.936. The molecule has 0 amide bonds. The van der Waals surface area contributed by atoms with Gasteiger partial charge >= 0.3 is 0 Å². The van der Waals surface area contributed by atoms with Gasteiger partial charge in [0.1, 0.15) is 0 Å². The summed E-state index contributed by atoms with van der Waals surface area (Å²) in [5.41, 5.74) is 1.13. The van der Waals surface area contributed by atoms with Crippen molar-refractivity contribution in [1.29, 1.82) is 5.41 Å². The molecule has 0 radical (unpaired) electrons. The highest BCUT2D eigenvalue weighted by Crippen LogP contribution is 1.99. The highest BCUT2D eigenvalue weighted by molar-refractivity contribution is 5.75. The highest BCUT2D eigenvalue weighted by atomic mass is 14.3. The summed E-state index contributed by atoms with van der Waals surface area (Å²) >= 11 is 0. The first-order chi connectivity index (χ1) is 3.85. The largest absolute Gasteiger partial charge is 0.308 e. The fourth-order valence-electron chi connectivity index (χ4n) is 0.589. The Balaban J connectivity index is 3.54. The van der Waals surface area contributed by atoms with E-state index in [9.17, 15) is 0 Å². The first kappa shape index (κ1) is 7.41. The minimum Gasteiger partial charge on any atom is -0.308 e. The molecule has 0 heterocycles. The van der Waals surface area contributed by atoms with Crippen molar-refractivity contribution in [2.75, 3.05) is 0 Å². The maximum atomic E-state index is 6.87. The molecule has 0 atom stereocenters. The third-order valence-electron chi connectivity index (χ3n) is 1.09. The Hall–Kier alpha value is -0.590. The molecule has 0 aromatic carbocycles. The second-order valence-electron chi connectivity index (χ2n) is 1.76. The van der Waals surface area contributed by atoms with E-state index in [0.29, 0.717) is 0 Å². The SMILES string of the molecule is CC=C(C=N)CCC. The molecular weight excluding hydrogens is 98.1 g/mol. The summed E-state index contributed by atoms with van der Waals surface area (Å²) in [6.45, 7) is 4.09. The van der Waals surface area contributed by atoms with Crippen molar-refractivity contribution in [3.05, 3.63) is 11.6 Å². The van der Waals surface area contributed by atoms with Crippen LogP contribution in [0.4, 0.5) is 0 Å². The van der Waals surface area contributed by atoms with Crippen molar-refractivity contribution in [2.24, 2.45) is 0 Å². The van der Waals surface area contributed by atoms with E-state index in [0.717, 1.165) is 18.4 Å². The molecule has 0 saturated heterocycles. The van der Waals surface area contributed by atoms with Crippen LogP contribution in [-0.2, 0) is 0 Å². The highest BCUT2D eigenvalue weighted by Gasteiger charge is 1.84. The lowest BCUT2D eigenvalue weighted by Crippen LogP contribution is -1.80. The van der Waals surface area contributed by atoms with Crippen LogP contribution < -0.4 is 0 Å². The van der Waals surface area contributed by atoms with Gasteiger partial charge in [0.2, 0.25) is 0 Å². The molecule has 0 unspecified atom stereocenters. The van der Waals surface area contributed by atoms with Gasteiger partial charge in [-0.3, -0.25) is 0 Å². The number of rotatable bonds is 3. The summed E-state index contributed by atoms with van der Waals surface area (Å²) in [5, 5.41) is 6.87. The Morgan fingerprint density at radius 1 is 1.62 bits per heavy atom. The third kappa shape index (κ3) is 2.56. The lowest BCUT2D eigenvalue weighted by atomic mass is 10.2. The van der Waals surface area contributed by atoms with Crippen LogP contribution >= 0.6 is 0 Å². The molecule has 0 aromatic rings. The Labute approximate surface area is 50.9 Å². The van der Waals surface area contributed by atoms with Gasteiger partial charge in [-0.25, -0.2) is 0 Å². The van der Waals surface area contributed by atoms with Gasteiger partial charge in [-0.1, -0.05) is 19.4 Å². The molecule has 0 aliphatic rings. The van der Waals surface area contributed by atoms with Crippen LogP contribution in [0.5, 0.6) is 0 Å². The summed E-state index contributed by atoms with van der Waals surface area (Å²) in [7, 11) is 0. The van der Waals surface area contributed by atoms with Crippen molar-refractivity contribution in [2.45, 2.75) is 26.7 Å². The van der Waals surface area contributed by atoms with Crippen LogP contribution in [0.2, 0.25) is 0 Å². The van der Waals surface area contributed by atoms with Crippen molar-refractivity contribution in [3.63, 3.8) is 0 Å². The predicted molar refractivity (Wildman–Crippen MR) is 37.4 cm³/mol. The fraction of sp³-hybridized carbons (Fsp3) is 0.571. The summed E-state index contributed by atoms with van der Waals surface area (Å²) in [6, 6.07) is 0. The normalized spacial score (nSPS) is 11.5. The number of hydrogen-bond donors (Lipinski definition) is 1.